The molecule has 0 radical (unpaired) electrons. The third kappa shape index (κ3) is 1.75. The highest BCUT2D eigenvalue weighted by molar-refractivity contribution is 9.10. The molecule has 100 valence electrons. The minimum Gasteiger partial charge on any atom is -0.389 e. The molecule has 1 aliphatic carbocycles. The number of rotatable bonds is 0. The quantitative estimate of drug-likeness (QED) is 0.773. The third-order valence-electron chi connectivity index (χ3n) is 4.47. The van der Waals surface area contributed by atoms with Crippen LogP contribution in [0.3, 0.4) is 0 Å². The van der Waals surface area contributed by atoms with Gasteiger partial charge in [0.15, 0.2) is 0 Å². The molecule has 1 aromatic carbocycles. The second-order valence-electron chi connectivity index (χ2n) is 6.48. The summed E-state index contributed by atoms with van der Waals surface area (Å²) in [6, 6.07) is 4.21. The largest absolute Gasteiger partial charge is 0.389 e. The van der Waals surface area contributed by atoms with Crippen molar-refractivity contribution in [3.05, 3.63) is 33.3 Å². The zero-order chi connectivity index (χ0) is 13.9. The summed E-state index contributed by atoms with van der Waals surface area (Å²) in [6.07, 6.45) is -1.50. The van der Waals surface area contributed by atoms with E-state index >= 15 is 0 Å². The van der Waals surface area contributed by atoms with Gasteiger partial charge in [-0.25, -0.2) is 0 Å². The van der Waals surface area contributed by atoms with Gasteiger partial charge in [0, 0.05) is 15.3 Å². The molecular weight excluding hydrogens is 292 g/mol. The predicted octanol–water partition coefficient (Wildman–Crippen LogP) is 3.05. The summed E-state index contributed by atoms with van der Waals surface area (Å²) in [5.74, 6) is 0. The minimum atomic E-state index is -0.755. The first-order chi connectivity index (χ1) is 8.10. The molecule has 0 aliphatic heterocycles. The minimum absolute atomic E-state index is 0.435. The van der Waals surface area contributed by atoms with Gasteiger partial charge in [0.1, 0.15) is 0 Å². The highest BCUT2D eigenvalue weighted by Crippen LogP contribution is 2.47. The molecule has 0 fully saturated rings. The van der Waals surface area contributed by atoms with E-state index < -0.39 is 23.0 Å². The summed E-state index contributed by atoms with van der Waals surface area (Å²) in [4.78, 5) is 0. The highest BCUT2D eigenvalue weighted by atomic mass is 79.9. The lowest BCUT2D eigenvalue weighted by atomic mass is 9.60. The molecule has 0 spiro atoms. The first-order valence-corrected chi connectivity index (χ1v) is 7.06. The first kappa shape index (κ1) is 14.0. The molecule has 0 aromatic heterocycles. The Kier molecular flexibility index (Phi) is 3.16. The van der Waals surface area contributed by atoms with E-state index in [-0.39, 0.29) is 0 Å². The van der Waals surface area contributed by atoms with Crippen LogP contribution in [0.15, 0.2) is 16.6 Å². The molecule has 0 amide bonds. The molecule has 2 unspecified atom stereocenters. The van der Waals surface area contributed by atoms with Crippen molar-refractivity contribution >= 4 is 15.9 Å². The Balaban J connectivity index is 2.78. The Morgan fingerprint density at radius 3 is 1.78 bits per heavy atom. The van der Waals surface area contributed by atoms with Gasteiger partial charge >= 0.3 is 0 Å². The standard InChI is InChI=1S/C15H21BrO2/c1-8-6-9-10(7-11(8)16)15(4,5)13(18)12(17)14(9,2)3/h6-7,12-13,17-18H,1-5H3. The average molecular weight is 313 g/mol. The van der Waals surface area contributed by atoms with E-state index in [2.05, 4.69) is 28.1 Å². The lowest BCUT2D eigenvalue weighted by molar-refractivity contribution is -0.0673. The molecule has 18 heavy (non-hydrogen) atoms. The van der Waals surface area contributed by atoms with Gasteiger partial charge in [-0.3, -0.25) is 0 Å². The topological polar surface area (TPSA) is 40.5 Å². The van der Waals surface area contributed by atoms with Crippen molar-refractivity contribution in [2.75, 3.05) is 0 Å². The number of halogens is 1. The van der Waals surface area contributed by atoms with Crippen molar-refractivity contribution in [2.24, 2.45) is 0 Å². The fourth-order valence-electron chi connectivity index (χ4n) is 2.86. The Bertz CT molecular complexity index is 447. The van der Waals surface area contributed by atoms with Gasteiger partial charge in [-0.05, 0) is 29.7 Å². The SMILES string of the molecule is Cc1cc2c(cc1Br)C(C)(C)C(O)C(O)C2(C)C. The van der Waals surface area contributed by atoms with E-state index in [1.807, 2.05) is 34.6 Å². The van der Waals surface area contributed by atoms with E-state index in [0.29, 0.717) is 0 Å². The molecule has 3 heteroatoms. The molecular formula is C15H21BrO2. The van der Waals surface area contributed by atoms with Crippen molar-refractivity contribution < 1.29 is 10.2 Å². The van der Waals surface area contributed by atoms with Gasteiger partial charge in [0.05, 0.1) is 12.2 Å². The molecule has 1 aliphatic rings. The fourth-order valence-corrected chi connectivity index (χ4v) is 3.20. The summed E-state index contributed by atoms with van der Waals surface area (Å²) >= 11 is 3.55. The Labute approximate surface area is 117 Å². The molecule has 0 heterocycles. The summed E-state index contributed by atoms with van der Waals surface area (Å²) in [7, 11) is 0. The van der Waals surface area contributed by atoms with E-state index in [1.165, 1.54) is 0 Å². The average Bonchev–Trinajstić information content (AvgIpc) is 2.28. The Morgan fingerprint density at radius 1 is 0.944 bits per heavy atom. The first-order valence-electron chi connectivity index (χ1n) is 6.27. The van der Waals surface area contributed by atoms with Crippen molar-refractivity contribution in [2.45, 2.75) is 57.7 Å². The normalized spacial score (nSPS) is 28.9. The maximum atomic E-state index is 10.4. The van der Waals surface area contributed by atoms with E-state index in [4.69, 9.17) is 0 Å². The van der Waals surface area contributed by atoms with Gasteiger partial charge in [-0.15, -0.1) is 0 Å². The monoisotopic (exact) mass is 312 g/mol. The highest BCUT2D eigenvalue weighted by Gasteiger charge is 2.50. The number of fused-ring (bicyclic) bond motifs is 1. The van der Waals surface area contributed by atoms with Gasteiger partial charge in [-0.1, -0.05) is 49.7 Å². The van der Waals surface area contributed by atoms with Gasteiger partial charge in [-0.2, -0.15) is 0 Å². The third-order valence-corrected chi connectivity index (χ3v) is 5.32. The van der Waals surface area contributed by atoms with Crippen LogP contribution < -0.4 is 0 Å². The molecule has 0 bridgehead atoms. The number of hydrogen-bond acceptors (Lipinski definition) is 2. The number of aliphatic hydroxyl groups is 2. The lowest BCUT2D eigenvalue weighted by Crippen LogP contribution is -2.56. The molecule has 2 atom stereocenters. The molecule has 2 N–H and O–H groups in total. The zero-order valence-corrected chi connectivity index (χ0v) is 13.2. The van der Waals surface area contributed by atoms with Crippen LogP contribution >= 0.6 is 15.9 Å². The summed E-state index contributed by atoms with van der Waals surface area (Å²) in [5, 5.41) is 20.8. The Morgan fingerprint density at radius 2 is 1.33 bits per heavy atom. The number of aliphatic hydroxyl groups excluding tert-OH is 2. The lowest BCUT2D eigenvalue weighted by Gasteiger charge is -2.49. The molecule has 0 saturated carbocycles. The second-order valence-corrected chi connectivity index (χ2v) is 7.33. The summed E-state index contributed by atoms with van der Waals surface area (Å²) in [6.45, 7) is 9.99. The summed E-state index contributed by atoms with van der Waals surface area (Å²) in [5.41, 5.74) is 2.52. The molecule has 1 aromatic rings. The Hall–Kier alpha value is -0.380. The molecule has 0 saturated heterocycles. The fraction of sp³-hybridized carbons (Fsp3) is 0.600. The van der Waals surface area contributed by atoms with Crippen LogP contribution in [0.2, 0.25) is 0 Å². The van der Waals surface area contributed by atoms with E-state index in [0.717, 1.165) is 21.2 Å². The van der Waals surface area contributed by atoms with Crippen LogP contribution in [0.5, 0.6) is 0 Å². The zero-order valence-electron chi connectivity index (χ0n) is 11.6. The molecule has 2 rings (SSSR count). The van der Waals surface area contributed by atoms with E-state index in [1.54, 1.807) is 0 Å². The van der Waals surface area contributed by atoms with Crippen LogP contribution in [-0.2, 0) is 10.8 Å². The number of hydrogen-bond donors (Lipinski definition) is 2. The van der Waals surface area contributed by atoms with Crippen molar-refractivity contribution in [1.82, 2.24) is 0 Å². The van der Waals surface area contributed by atoms with Crippen LogP contribution in [0.1, 0.15) is 44.4 Å². The van der Waals surface area contributed by atoms with Crippen LogP contribution in [0.25, 0.3) is 0 Å². The smallest absolute Gasteiger partial charge is 0.0898 e. The second kappa shape index (κ2) is 4.06. The van der Waals surface area contributed by atoms with Gasteiger partial charge in [0.2, 0.25) is 0 Å². The number of benzene rings is 1. The van der Waals surface area contributed by atoms with Crippen LogP contribution in [-0.4, -0.2) is 22.4 Å². The van der Waals surface area contributed by atoms with Gasteiger partial charge < -0.3 is 10.2 Å². The maximum Gasteiger partial charge on any atom is 0.0898 e. The van der Waals surface area contributed by atoms with Crippen molar-refractivity contribution in [3.63, 3.8) is 0 Å². The maximum absolute atomic E-state index is 10.4. The van der Waals surface area contributed by atoms with E-state index in [9.17, 15) is 10.2 Å². The van der Waals surface area contributed by atoms with Crippen LogP contribution in [0, 0.1) is 6.92 Å². The predicted molar refractivity (Wildman–Crippen MR) is 76.9 cm³/mol. The van der Waals surface area contributed by atoms with Crippen molar-refractivity contribution in [1.29, 1.82) is 0 Å². The van der Waals surface area contributed by atoms with Crippen molar-refractivity contribution in [3.8, 4) is 0 Å². The number of aryl methyl sites for hydroxylation is 1. The molecule has 2 nitrogen and oxygen atoms in total. The van der Waals surface area contributed by atoms with Gasteiger partial charge in [0.25, 0.3) is 0 Å². The van der Waals surface area contributed by atoms with Crippen LogP contribution in [0.4, 0.5) is 0 Å². The summed E-state index contributed by atoms with van der Waals surface area (Å²) < 4.78 is 1.05.